The minimum absolute atomic E-state index is 0.579. The molecule has 0 aliphatic carbocycles. The molecular formula is C20H39N7OS. The maximum atomic E-state index is 5.40. The van der Waals surface area contributed by atoms with Gasteiger partial charge in [-0.25, -0.2) is 0 Å². The van der Waals surface area contributed by atoms with Crippen LogP contribution in [-0.4, -0.2) is 84.4 Å². The Balaban J connectivity index is 1.73. The van der Waals surface area contributed by atoms with Gasteiger partial charge in [0.1, 0.15) is 5.82 Å². The first kappa shape index (κ1) is 24.0. The predicted molar refractivity (Wildman–Crippen MR) is 121 cm³/mol. The number of nitrogens with zero attached hydrogens (tertiary/aromatic N) is 5. The Hall–Kier alpha value is -1.32. The molecule has 0 spiro atoms. The van der Waals surface area contributed by atoms with Gasteiger partial charge >= 0.3 is 0 Å². The third-order valence-corrected chi connectivity index (χ3v) is 5.41. The number of ether oxygens (including phenoxy) is 1. The Bertz CT molecular complexity index is 600. The molecule has 9 heteroatoms. The van der Waals surface area contributed by atoms with E-state index >= 15 is 0 Å². The van der Waals surface area contributed by atoms with Crippen LogP contribution < -0.4 is 10.6 Å². The molecule has 0 aromatic carbocycles. The molecule has 166 valence electrons. The Morgan fingerprint density at radius 1 is 1.21 bits per heavy atom. The van der Waals surface area contributed by atoms with Gasteiger partial charge in [0.2, 0.25) is 0 Å². The van der Waals surface area contributed by atoms with Crippen molar-refractivity contribution in [3.8, 4) is 0 Å². The van der Waals surface area contributed by atoms with E-state index < -0.39 is 0 Å². The lowest BCUT2D eigenvalue weighted by atomic mass is 10.2. The molecule has 1 saturated heterocycles. The molecule has 0 unspecified atom stereocenters. The first-order valence-electron chi connectivity index (χ1n) is 10.9. The second-order valence-corrected chi connectivity index (χ2v) is 8.48. The lowest BCUT2D eigenvalue weighted by Gasteiger charge is -2.26. The summed E-state index contributed by atoms with van der Waals surface area (Å²) in [5.74, 6) is 2.56. The molecular weight excluding hydrogens is 386 g/mol. The molecule has 0 saturated carbocycles. The van der Waals surface area contributed by atoms with E-state index in [4.69, 9.17) is 9.73 Å². The zero-order chi connectivity index (χ0) is 20.9. The van der Waals surface area contributed by atoms with E-state index in [1.54, 1.807) is 11.8 Å². The van der Waals surface area contributed by atoms with Crippen LogP contribution in [0.4, 0.5) is 0 Å². The van der Waals surface area contributed by atoms with E-state index in [2.05, 4.69) is 57.3 Å². The van der Waals surface area contributed by atoms with Crippen LogP contribution in [0.15, 0.2) is 10.1 Å². The number of thioether (sulfide) groups is 1. The summed E-state index contributed by atoms with van der Waals surface area (Å²) in [7, 11) is 0. The van der Waals surface area contributed by atoms with Crippen LogP contribution in [0.5, 0.6) is 0 Å². The van der Waals surface area contributed by atoms with Gasteiger partial charge in [-0.15, -0.1) is 10.2 Å². The van der Waals surface area contributed by atoms with E-state index in [0.717, 1.165) is 95.2 Å². The third-order valence-electron chi connectivity index (χ3n) is 4.74. The highest BCUT2D eigenvalue weighted by Gasteiger charge is 2.12. The smallest absolute Gasteiger partial charge is 0.191 e. The van der Waals surface area contributed by atoms with Crippen molar-refractivity contribution in [1.82, 2.24) is 30.3 Å². The summed E-state index contributed by atoms with van der Waals surface area (Å²) in [5, 5.41) is 16.5. The van der Waals surface area contributed by atoms with Gasteiger partial charge in [-0.05, 0) is 38.5 Å². The number of morpholine rings is 1. The molecule has 29 heavy (non-hydrogen) atoms. The van der Waals surface area contributed by atoms with Gasteiger partial charge in [-0.2, -0.15) is 0 Å². The Morgan fingerprint density at radius 2 is 2.00 bits per heavy atom. The first-order chi connectivity index (χ1) is 14.1. The first-order valence-corrected chi connectivity index (χ1v) is 12.1. The van der Waals surface area contributed by atoms with Gasteiger partial charge in [0, 0.05) is 45.7 Å². The number of aromatic nitrogens is 3. The molecule has 0 atom stereocenters. The van der Waals surface area contributed by atoms with E-state index in [1.807, 2.05) is 0 Å². The average molecular weight is 426 g/mol. The average Bonchev–Trinajstić information content (AvgIpc) is 3.10. The predicted octanol–water partition coefficient (Wildman–Crippen LogP) is 1.87. The monoisotopic (exact) mass is 425 g/mol. The van der Waals surface area contributed by atoms with Crippen molar-refractivity contribution in [2.24, 2.45) is 10.9 Å². The fourth-order valence-corrected chi connectivity index (χ4v) is 3.83. The van der Waals surface area contributed by atoms with Crippen LogP contribution in [0, 0.1) is 5.92 Å². The lowest BCUT2D eigenvalue weighted by Crippen LogP contribution is -2.40. The molecule has 2 N–H and O–H groups in total. The molecule has 1 aromatic rings. The summed E-state index contributed by atoms with van der Waals surface area (Å²) in [6.07, 6.45) is 5.04. The van der Waals surface area contributed by atoms with Crippen LogP contribution in [0.25, 0.3) is 0 Å². The van der Waals surface area contributed by atoms with Crippen LogP contribution in [0.2, 0.25) is 0 Å². The number of hydrogen-bond donors (Lipinski definition) is 2. The van der Waals surface area contributed by atoms with Crippen molar-refractivity contribution in [1.29, 1.82) is 0 Å². The molecule has 0 radical (unpaired) electrons. The fraction of sp³-hybridized carbons (Fsp3) is 0.850. The standard InChI is InChI=1S/C20H39N7OS/c1-5-21-19(23-10-7-11-26-12-14-28-15-13-26)22-9-6-8-18-24-25-20(29-4)27(18)16-17(2)3/h17H,5-16H2,1-4H3,(H2,21,22,23). The summed E-state index contributed by atoms with van der Waals surface area (Å²) < 4.78 is 7.66. The summed E-state index contributed by atoms with van der Waals surface area (Å²) >= 11 is 1.66. The summed E-state index contributed by atoms with van der Waals surface area (Å²) in [6, 6.07) is 0. The van der Waals surface area contributed by atoms with E-state index in [-0.39, 0.29) is 0 Å². The van der Waals surface area contributed by atoms with E-state index in [0.29, 0.717) is 5.92 Å². The summed E-state index contributed by atoms with van der Waals surface area (Å²) in [5.41, 5.74) is 0. The second-order valence-electron chi connectivity index (χ2n) is 7.71. The Labute approximate surface area is 180 Å². The van der Waals surface area contributed by atoms with Gasteiger partial charge < -0.3 is 19.9 Å². The number of hydrogen-bond acceptors (Lipinski definition) is 6. The Kier molecular flexibility index (Phi) is 11.4. The second kappa shape index (κ2) is 13.8. The molecule has 0 amide bonds. The molecule has 8 nitrogen and oxygen atoms in total. The maximum Gasteiger partial charge on any atom is 0.191 e. The minimum Gasteiger partial charge on any atom is -0.379 e. The molecule has 1 fully saturated rings. The summed E-state index contributed by atoms with van der Waals surface area (Å²) in [4.78, 5) is 7.19. The normalized spacial score (nSPS) is 15.8. The molecule has 1 aliphatic heterocycles. The third kappa shape index (κ3) is 8.92. The molecule has 1 aliphatic rings. The highest BCUT2D eigenvalue weighted by molar-refractivity contribution is 7.98. The highest BCUT2D eigenvalue weighted by Crippen LogP contribution is 2.16. The SMILES string of the molecule is CCNC(=NCCCc1nnc(SC)n1CC(C)C)NCCCN1CCOCC1. The van der Waals surface area contributed by atoms with Crippen molar-refractivity contribution < 1.29 is 4.74 Å². The number of nitrogens with one attached hydrogen (secondary N) is 2. The number of aliphatic imine (C=N–C) groups is 1. The van der Waals surface area contributed by atoms with Crippen LogP contribution in [0.3, 0.4) is 0 Å². The van der Waals surface area contributed by atoms with Crippen molar-refractivity contribution in [3.63, 3.8) is 0 Å². The molecule has 0 bridgehead atoms. The van der Waals surface area contributed by atoms with Gasteiger partial charge in [0.15, 0.2) is 11.1 Å². The van der Waals surface area contributed by atoms with Crippen LogP contribution >= 0.6 is 11.8 Å². The highest BCUT2D eigenvalue weighted by atomic mass is 32.2. The van der Waals surface area contributed by atoms with Gasteiger partial charge in [0.25, 0.3) is 0 Å². The van der Waals surface area contributed by atoms with E-state index in [1.165, 1.54) is 0 Å². The number of guanidine groups is 1. The topological polar surface area (TPSA) is 79.6 Å². The molecule has 1 aromatic heterocycles. The van der Waals surface area contributed by atoms with Gasteiger partial charge in [-0.3, -0.25) is 9.89 Å². The molecule has 2 heterocycles. The van der Waals surface area contributed by atoms with Crippen LogP contribution in [-0.2, 0) is 17.7 Å². The quantitative estimate of drug-likeness (QED) is 0.229. The lowest BCUT2D eigenvalue weighted by molar-refractivity contribution is 0.0376. The van der Waals surface area contributed by atoms with Crippen molar-refractivity contribution in [2.75, 3.05) is 58.7 Å². The maximum absolute atomic E-state index is 5.40. The van der Waals surface area contributed by atoms with Crippen molar-refractivity contribution in [3.05, 3.63) is 5.82 Å². The van der Waals surface area contributed by atoms with Crippen LogP contribution in [0.1, 0.15) is 39.4 Å². The zero-order valence-electron chi connectivity index (χ0n) is 18.6. The number of aryl methyl sites for hydroxylation is 1. The minimum atomic E-state index is 0.579. The Morgan fingerprint density at radius 3 is 2.69 bits per heavy atom. The number of rotatable bonds is 12. The van der Waals surface area contributed by atoms with Crippen molar-refractivity contribution in [2.45, 2.75) is 51.7 Å². The fourth-order valence-electron chi connectivity index (χ4n) is 3.31. The van der Waals surface area contributed by atoms with Gasteiger partial charge in [0.05, 0.1) is 13.2 Å². The largest absolute Gasteiger partial charge is 0.379 e. The summed E-state index contributed by atoms with van der Waals surface area (Å²) in [6.45, 7) is 15.0. The van der Waals surface area contributed by atoms with Gasteiger partial charge in [-0.1, -0.05) is 25.6 Å². The van der Waals surface area contributed by atoms with Crippen molar-refractivity contribution >= 4 is 17.7 Å². The van der Waals surface area contributed by atoms with E-state index in [9.17, 15) is 0 Å². The molecule has 2 rings (SSSR count). The zero-order valence-corrected chi connectivity index (χ0v) is 19.4.